The minimum atomic E-state index is -0.223. The molecule has 0 spiro atoms. The number of thiophene rings is 1. The number of rotatable bonds is 6. The summed E-state index contributed by atoms with van der Waals surface area (Å²) in [6, 6.07) is 17.0. The zero-order valence-electron chi connectivity index (χ0n) is 18.2. The SMILES string of the molecule is O=C(NCCc1ccccc1F)C1CCN(c2ncnc3scc(-c4ccccc4)c23)CC1. The minimum Gasteiger partial charge on any atom is -0.356 e. The molecule has 4 aromatic rings. The van der Waals surface area contributed by atoms with Crippen LogP contribution in [0.4, 0.5) is 10.2 Å². The molecule has 7 heteroatoms. The van der Waals surface area contributed by atoms with Crippen LogP contribution in [0.5, 0.6) is 0 Å². The molecule has 0 bridgehead atoms. The number of halogens is 1. The Balaban J connectivity index is 1.24. The largest absolute Gasteiger partial charge is 0.356 e. The molecule has 0 saturated carbocycles. The zero-order chi connectivity index (χ0) is 22.6. The van der Waals surface area contributed by atoms with E-state index in [-0.39, 0.29) is 17.6 Å². The Hall–Kier alpha value is -3.32. The van der Waals surface area contributed by atoms with Gasteiger partial charge in [0, 0.05) is 36.5 Å². The van der Waals surface area contributed by atoms with Crippen LogP contribution in [0.3, 0.4) is 0 Å². The summed E-state index contributed by atoms with van der Waals surface area (Å²) in [5.41, 5.74) is 2.94. The van der Waals surface area contributed by atoms with Crippen LogP contribution in [0.1, 0.15) is 18.4 Å². The maximum atomic E-state index is 13.8. The van der Waals surface area contributed by atoms with E-state index in [0.717, 1.165) is 53.1 Å². The molecule has 2 aromatic heterocycles. The number of aromatic nitrogens is 2. The van der Waals surface area contributed by atoms with Gasteiger partial charge in [-0.1, -0.05) is 48.5 Å². The third kappa shape index (κ3) is 4.59. The summed E-state index contributed by atoms with van der Waals surface area (Å²) in [6.07, 6.45) is 3.66. The molecule has 1 amide bonds. The van der Waals surface area contributed by atoms with E-state index < -0.39 is 0 Å². The number of carbonyl (C=O) groups excluding carboxylic acids is 1. The lowest BCUT2D eigenvalue weighted by Crippen LogP contribution is -2.41. The van der Waals surface area contributed by atoms with Crippen LogP contribution in [0.2, 0.25) is 0 Å². The molecule has 1 N–H and O–H groups in total. The average molecular weight is 461 g/mol. The summed E-state index contributed by atoms with van der Waals surface area (Å²) in [4.78, 5) is 25.0. The molecule has 3 heterocycles. The molecule has 1 aliphatic heterocycles. The summed E-state index contributed by atoms with van der Waals surface area (Å²) < 4.78 is 13.8. The number of nitrogens with zero attached hydrogens (tertiary/aromatic N) is 3. The lowest BCUT2D eigenvalue weighted by molar-refractivity contribution is -0.125. The highest BCUT2D eigenvalue weighted by atomic mass is 32.1. The van der Waals surface area contributed by atoms with E-state index >= 15 is 0 Å². The van der Waals surface area contributed by atoms with E-state index in [1.165, 1.54) is 6.07 Å². The van der Waals surface area contributed by atoms with Crippen LogP contribution in [0, 0.1) is 11.7 Å². The van der Waals surface area contributed by atoms with Gasteiger partial charge in [0.2, 0.25) is 5.91 Å². The first-order valence-electron chi connectivity index (χ1n) is 11.2. The summed E-state index contributed by atoms with van der Waals surface area (Å²) in [6.45, 7) is 1.98. The highest BCUT2D eigenvalue weighted by Gasteiger charge is 2.27. The van der Waals surface area contributed by atoms with Crippen molar-refractivity contribution in [3.05, 3.63) is 77.7 Å². The van der Waals surface area contributed by atoms with Crippen molar-refractivity contribution in [3.63, 3.8) is 0 Å². The molecule has 5 rings (SSSR count). The highest BCUT2D eigenvalue weighted by molar-refractivity contribution is 7.17. The second-order valence-electron chi connectivity index (χ2n) is 8.29. The van der Waals surface area contributed by atoms with E-state index in [0.29, 0.717) is 18.5 Å². The van der Waals surface area contributed by atoms with Crippen molar-refractivity contribution in [3.8, 4) is 11.1 Å². The van der Waals surface area contributed by atoms with Crippen LogP contribution < -0.4 is 10.2 Å². The van der Waals surface area contributed by atoms with Gasteiger partial charge in [0.1, 0.15) is 22.8 Å². The molecule has 5 nitrogen and oxygen atoms in total. The number of hydrogen-bond acceptors (Lipinski definition) is 5. The molecule has 0 aliphatic carbocycles. The smallest absolute Gasteiger partial charge is 0.223 e. The van der Waals surface area contributed by atoms with Gasteiger partial charge in [0.05, 0.1) is 5.39 Å². The van der Waals surface area contributed by atoms with Gasteiger partial charge in [-0.25, -0.2) is 14.4 Å². The Bertz CT molecular complexity index is 1250. The number of benzene rings is 2. The second kappa shape index (κ2) is 9.67. The number of piperidine rings is 1. The fraction of sp³-hybridized carbons (Fsp3) is 0.269. The Morgan fingerprint density at radius 3 is 2.61 bits per heavy atom. The first kappa shape index (κ1) is 21.5. The molecule has 33 heavy (non-hydrogen) atoms. The normalized spacial score (nSPS) is 14.5. The third-order valence-corrected chi connectivity index (χ3v) is 7.14. The summed E-state index contributed by atoms with van der Waals surface area (Å²) in [5.74, 6) is 0.743. The second-order valence-corrected chi connectivity index (χ2v) is 9.14. The van der Waals surface area contributed by atoms with Crippen molar-refractivity contribution in [1.29, 1.82) is 0 Å². The summed E-state index contributed by atoms with van der Waals surface area (Å²) in [7, 11) is 0. The van der Waals surface area contributed by atoms with Crippen LogP contribution in [0.15, 0.2) is 66.3 Å². The van der Waals surface area contributed by atoms with Crippen molar-refractivity contribution >= 4 is 33.3 Å². The van der Waals surface area contributed by atoms with E-state index in [9.17, 15) is 9.18 Å². The number of fused-ring (bicyclic) bond motifs is 1. The molecule has 0 atom stereocenters. The minimum absolute atomic E-state index is 0.0322. The fourth-order valence-electron chi connectivity index (χ4n) is 4.45. The molecule has 2 aromatic carbocycles. The molecule has 0 unspecified atom stereocenters. The third-order valence-electron chi connectivity index (χ3n) is 6.25. The molecule has 0 radical (unpaired) electrons. The molecular formula is C26H25FN4OS. The predicted octanol–water partition coefficient (Wildman–Crippen LogP) is 5.07. The summed E-state index contributed by atoms with van der Waals surface area (Å²) in [5, 5.41) is 6.22. The van der Waals surface area contributed by atoms with Gasteiger partial charge < -0.3 is 10.2 Å². The lowest BCUT2D eigenvalue weighted by Gasteiger charge is -2.32. The summed E-state index contributed by atoms with van der Waals surface area (Å²) >= 11 is 1.63. The van der Waals surface area contributed by atoms with Crippen molar-refractivity contribution in [1.82, 2.24) is 15.3 Å². The highest BCUT2D eigenvalue weighted by Crippen LogP contribution is 2.38. The van der Waals surface area contributed by atoms with Crippen LogP contribution in [-0.4, -0.2) is 35.5 Å². The van der Waals surface area contributed by atoms with Gasteiger partial charge in [-0.05, 0) is 36.5 Å². The first-order valence-corrected chi connectivity index (χ1v) is 12.1. The number of hydrogen-bond donors (Lipinski definition) is 1. The zero-order valence-corrected chi connectivity index (χ0v) is 19.0. The lowest BCUT2D eigenvalue weighted by atomic mass is 9.95. The van der Waals surface area contributed by atoms with Crippen molar-refractivity contribution in [2.45, 2.75) is 19.3 Å². The maximum Gasteiger partial charge on any atom is 0.223 e. The van der Waals surface area contributed by atoms with Gasteiger partial charge >= 0.3 is 0 Å². The first-order chi connectivity index (χ1) is 16.2. The Morgan fingerprint density at radius 1 is 1.06 bits per heavy atom. The topological polar surface area (TPSA) is 58.1 Å². The maximum absolute atomic E-state index is 13.8. The van der Waals surface area contributed by atoms with Crippen molar-refractivity contribution < 1.29 is 9.18 Å². The van der Waals surface area contributed by atoms with Crippen LogP contribution in [-0.2, 0) is 11.2 Å². The van der Waals surface area contributed by atoms with E-state index in [1.807, 2.05) is 24.3 Å². The number of carbonyl (C=O) groups is 1. The molecule has 1 saturated heterocycles. The van der Waals surface area contributed by atoms with E-state index in [2.05, 4.69) is 37.7 Å². The van der Waals surface area contributed by atoms with Gasteiger partial charge in [0.25, 0.3) is 0 Å². The number of amides is 1. The van der Waals surface area contributed by atoms with Crippen LogP contribution in [0.25, 0.3) is 21.3 Å². The number of nitrogens with one attached hydrogen (secondary N) is 1. The van der Waals surface area contributed by atoms with E-state index in [1.54, 1.807) is 29.8 Å². The van der Waals surface area contributed by atoms with Gasteiger partial charge in [-0.2, -0.15) is 0 Å². The average Bonchev–Trinajstić information content (AvgIpc) is 3.30. The quantitative estimate of drug-likeness (QED) is 0.436. The number of anilines is 1. The molecule has 1 fully saturated rings. The molecule has 1 aliphatic rings. The fourth-order valence-corrected chi connectivity index (χ4v) is 5.36. The van der Waals surface area contributed by atoms with Crippen molar-refractivity contribution in [2.24, 2.45) is 5.92 Å². The Morgan fingerprint density at radius 2 is 1.82 bits per heavy atom. The van der Waals surface area contributed by atoms with Gasteiger partial charge in [0.15, 0.2) is 0 Å². The Labute approximate surface area is 196 Å². The standard InChI is InChI=1S/C26H25FN4OS/c27-22-9-5-4-8-19(22)10-13-28-25(32)20-11-14-31(15-12-20)24-23-21(18-6-2-1-3-7-18)16-33-26(23)30-17-29-24/h1-9,16-17,20H,10-15H2,(H,28,32). The molecule has 168 valence electrons. The molecular weight excluding hydrogens is 435 g/mol. The van der Waals surface area contributed by atoms with E-state index in [4.69, 9.17) is 0 Å². The van der Waals surface area contributed by atoms with Crippen LogP contribution >= 0.6 is 11.3 Å². The predicted molar refractivity (Wildman–Crippen MR) is 131 cm³/mol. The monoisotopic (exact) mass is 460 g/mol. The Kier molecular flexibility index (Phi) is 6.30. The van der Waals surface area contributed by atoms with Crippen molar-refractivity contribution in [2.75, 3.05) is 24.5 Å². The van der Waals surface area contributed by atoms with Gasteiger partial charge in [-0.3, -0.25) is 4.79 Å². The van der Waals surface area contributed by atoms with Gasteiger partial charge in [-0.15, -0.1) is 11.3 Å².